The molecule has 0 saturated heterocycles. The number of nitrogens with zero attached hydrogens (tertiary/aromatic N) is 6. The summed E-state index contributed by atoms with van der Waals surface area (Å²) in [5.74, 6) is 0.0156. The molecule has 0 spiro atoms. The number of nitrogens with one attached hydrogen (secondary N) is 1. The number of H-pyrrole nitrogens is 1. The third-order valence-electron chi connectivity index (χ3n) is 6.74. The Morgan fingerprint density at radius 1 is 1.18 bits per heavy atom. The highest BCUT2D eigenvalue weighted by Crippen LogP contribution is 2.40. The van der Waals surface area contributed by atoms with Crippen LogP contribution in [0.5, 0.6) is 0 Å². The zero-order chi connectivity index (χ0) is 22.1. The highest BCUT2D eigenvalue weighted by Gasteiger charge is 2.37. The lowest BCUT2D eigenvalue weighted by molar-refractivity contribution is 0.0689. The maximum atomic E-state index is 14.3. The highest BCUT2D eigenvalue weighted by molar-refractivity contribution is 6.01. The summed E-state index contributed by atoms with van der Waals surface area (Å²) in [4.78, 5) is 23.3. The smallest absolute Gasteiger partial charge is 0.258 e. The van der Waals surface area contributed by atoms with E-state index in [2.05, 4.69) is 26.2 Å². The Morgan fingerprint density at radius 2 is 2.09 bits per heavy atom. The maximum Gasteiger partial charge on any atom is 0.258 e. The Kier molecular flexibility index (Phi) is 3.79. The van der Waals surface area contributed by atoms with Gasteiger partial charge in [-0.2, -0.15) is 14.6 Å². The van der Waals surface area contributed by atoms with E-state index in [9.17, 15) is 9.18 Å². The van der Waals surface area contributed by atoms with E-state index in [1.165, 1.54) is 29.0 Å². The van der Waals surface area contributed by atoms with Gasteiger partial charge < -0.3 is 9.88 Å². The standard InChI is InChI=1S/C24H20FN7O/c25-21-3-1-2-16-10-19(29-32(16)21)23-22-18(26-13-27-22)8-9-30(23)24(33)17-11-28-31-12-15(14-4-5-14)6-7-20(17)31/h1-3,6-7,10-14,23H,4-5,8-9H2,(H,26,27)/t23-/m0/s1. The fourth-order valence-electron chi connectivity index (χ4n) is 4.91. The molecule has 0 radical (unpaired) electrons. The Labute approximate surface area is 187 Å². The van der Waals surface area contributed by atoms with Crippen LogP contribution in [0.15, 0.2) is 55.1 Å². The van der Waals surface area contributed by atoms with Gasteiger partial charge in [0.2, 0.25) is 5.95 Å². The van der Waals surface area contributed by atoms with Gasteiger partial charge in [-0.25, -0.2) is 14.0 Å². The first-order chi connectivity index (χ1) is 16.2. The van der Waals surface area contributed by atoms with Gasteiger partial charge in [-0.1, -0.05) is 12.1 Å². The predicted molar refractivity (Wildman–Crippen MR) is 117 cm³/mol. The van der Waals surface area contributed by atoms with Gasteiger partial charge >= 0.3 is 0 Å². The molecule has 1 aliphatic heterocycles. The SMILES string of the molecule is O=C(c1cnn2cc(C3CC3)ccc12)N1CCc2[nH]cnc2[C@@H]1c1cc2cccc(F)n2n1. The van der Waals surface area contributed by atoms with Gasteiger partial charge in [-0.3, -0.25) is 4.79 Å². The van der Waals surface area contributed by atoms with E-state index in [4.69, 9.17) is 0 Å². The van der Waals surface area contributed by atoms with E-state index >= 15 is 0 Å². The lowest BCUT2D eigenvalue weighted by atomic mass is 9.98. The molecule has 6 heterocycles. The van der Waals surface area contributed by atoms with Gasteiger partial charge in [0.05, 0.1) is 40.5 Å². The topological polar surface area (TPSA) is 83.6 Å². The van der Waals surface area contributed by atoms with E-state index in [-0.39, 0.29) is 5.91 Å². The summed E-state index contributed by atoms with van der Waals surface area (Å²) < 4.78 is 17.4. The highest BCUT2D eigenvalue weighted by atomic mass is 19.1. The number of aromatic nitrogens is 6. The lowest BCUT2D eigenvalue weighted by Crippen LogP contribution is -2.41. The van der Waals surface area contributed by atoms with Crippen LogP contribution in [0.25, 0.3) is 11.0 Å². The number of amides is 1. The summed E-state index contributed by atoms with van der Waals surface area (Å²) in [5, 5.41) is 8.96. The van der Waals surface area contributed by atoms with Crippen molar-refractivity contribution in [2.45, 2.75) is 31.2 Å². The number of fused-ring (bicyclic) bond motifs is 3. The molecule has 5 aromatic rings. The van der Waals surface area contributed by atoms with Crippen molar-refractivity contribution >= 4 is 16.9 Å². The first-order valence-corrected chi connectivity index (χ1v) is 11.1. The van der Waals surface area contributed by atoms with Crippen molar-refractivity contribution in [2.75, 3.05) is 6.54 Å². The predicted octanol–water partition coefficient (Wildman–Crippen LogP) is 3.51. The fourth-order valence-corrected chi connectivity index (χ4v) is 4.91. The molecule has 33 heavy (non-hydrogen) atoms. The minimum Gasteiger partial charge on any atom is -0.348 e. The van der Waals surface area contributed by atoms with Gasteiger partial charge in [-0.15, -0.1) is 0 Å². The zero-order valence-electron chi connectivity index (χ0n) is 17.6. The molecular formula is C24H20FN7O. The molecule has 164 valence electrons. The van der Waals surface area contributed by atoms with Gasteiger partial charge in [0.1, 0.15) is 6.04 Å². The van der Waals surface area contributed by atoms with Crippen molar-refractivity contribution in [1.82, 2.24) is 34.1 Å². The first kappa shape index (κ1) is 18.6. The molecule has 0 aromatic carbocycles. The monoisotopic (exact) mass is 441 g/mol. The number of imidazole rings is 1. The largest absolute Gasteiger partial charge is 0.348 e. The fraction of sp³-hybridized carbons (Fsp3) is 0.250. The van der Waals surface area contributed by atoms with E-state index in [0.29, 0.717) is 35.7 Å². The Bertz CT molecular complexity index is 1540. The number of hydrogen-bond donors (Lipinski definition) is 1. The van der Waals surface area contributed by atoms with E-state index < -0.39 is 12.0 Å². The van der Waals surface area contributed by atoms with Crippen molar-refractivity contribution in [3.05, 3.63) is 89.3 Å². The molecule has 9 heteroatoms. The second-order valence-electron chi connectivity index (χ2n) is 8.80. The molecule has 2 aliphatic rings. The molecule has 1 saturated carbocycles. The van der Waals surface area contributed by atoms with Crippen LogP contribution in [0.1, 0.15) is 57.8 Å². The molecule has 1 N–H and O–H groups in total. The molecule has 1 atom stereocenters. The van der Waals surface area contributed by atoms with Crippen LogP contribution in [0.3, 0.4) is 0 Å². The van der Waals surface area contributed by atoms with Gasteiger partial charge in [0, 0.05) is 24.9 Å². The molecule has 5 aromatic heterocycles. The second kappa shape index (κ2) is 6.74. The Balaban J connectivity index is 1.33. The third-order valence-corrected chi connectivity index (χ3v) is 6.74. The van der Waals surface area contributed by atoms with Crippen molar-refractivity contribution in [3.8, 4) is 0 Å². The molecule has 8 nitrogen and oxygen atoms in total. The second-order valence-corrected chi connectivity index (χ2v) is 8.80. The number of hydrogen-bond acceptors (Lipinski definition) is 4. The average Bonchev–Trinajstić information content (AvgIpc) is 3.22. The van der Waals surface area contributed by atoms with Crippen LogP contribution in [0, 0.1) is 5.95 Å². The molecule has 7 rings (SSSR count). The first-order valence-electron chi connectivity index (χ1n) is 11.1. The zero-order valence-corrected chi connectivity index (χ0v) is 17.6. The molecule has 1 aliphatic carbocycles. The molecule has 0 bridgehead atoms. The molecule has 0 unspecified atom stereocenters. The Hall–Kier alpha value is -4.01. The lowest BCUT2D eigenvalue weighted by Gasteiger charge is -2.33. The molecule has 1 amide bonds. The van der Waals surface area contributed by atoms with Gasteiger partial charge in [-0.05, 0) is 48.6 Å². The summed E-state index contributed by atoms with van der Waals surface area (Å²) in [7, 11) is 0. The normalized spacial score (nSPS) is 18.2. The number of halogens is 1. The van der Waals surface area contributed by atoms with Crippen LogP contribution in [-0.2, 0) is 6.42 Å². The quantitative estimate of drug-likeness (QED) is 0.435. The van der Waals surface area contributed by atoms with E-state index in [1.807, 2.05) is 18.3 Å². The Morgan fingerprint density at radius 3 is 2.94 bits per heavy atom. The molecule has 1 fully saturated rings. The number of carbonyl (C=O) groups excluding carboxylic acids is 1. The number of aromatic amines is 1. The van der Waals surface area contributed by atoms with Crippen LogP contribution < -0.4 is 0 Å². The molecular weight excluding hydrogens is 421 g/mol. The summed E-state index contributed by atoms with van der Waals surface area (Å²) in [5.41, 5.74) is 5.49. The van der Waals surface area contributed by atoms with Crippen LogP contribution >= 0.6 is 0 Å². The summed E-state index contributed by atoms with van der Waals surface area (Å²) >= 11 is 0. The van der Waals surface area contributed by atoms with Crippen LogP contribution in [-0.4, -0.2) is 46.5 Å². The minimum absolute atomic E-state index is 0.139. The number of rotatable bonds is 3. The van der Waals surface area contributed by atoms with Crippen LogP contribution in [0.2, 0.25) is 0 Å². The van der Waals surface area contributed by atoms with Crippen molar-refractivity contribution in [2.24, 2.45) is 0 Å². The summed E-state index contributed by atoms with van der Waals surface area (Å²) in [6, 6.07) is 10.2. The van der Waals surface area contributed by atoms with E-state index in [1.54, 1.807) is 34.1 Å². The van der Waals surface area contributed by atoms with Crippen LogP contribution in [0.4, 0.5) is 4.39 Å². The van der Waals surface area contributed by atoms with Gasteiger partial charge in [0.15, 0.2) is 0 Å². The summed E-state index contributed by atoms with van der Waals surface area (Å²) in [6.07, 6.45) is 8.36. The van der Waals surface area contributed by atoms with Crippen molar-refractivity contribution < 1.29 is 9.18 Å². The van der Waals surface area contributed by atoms with Gasteiger partial charge in [0.25, 0.3) is 5.91 Å². The summed E-state index contributed by atoms with van der Waals surface area (Å²) in [6.45, 7) is 0.493. The average molecular weight is 441 g/mol. The van der Waals surface area contributed by atoms with E-state index in [0.717, 1.165) is 16.9 Å². The third kappa shape index (κ3) is 2.81. The number of carbonyl (C=O) groups is 1. The van der Waals surface area contributed by atoms with Crippen molar-refractivity contribution in [3.63, 3.8) is 0 Å². The number of pyridine rings is 2. The van der Waals surface area contributed by atoms with Crippen molar-refractivity contribution in [1.29, 1.82) is 0 Å². The minimum atomic E-state index is -0.521. The maximum absolute atomic E-state index is 14.3.